The third-order valence-electron chi connectivity index (χ3n) is 3.66. The number of anilines is 1. The second kappa shape index (κ2) is 4.57. The van der Waals surface area contributed by atoms with Crippen LogP contribution in [0.15, 0.2) is 36.4 Å². The van der Waals surface area contributed by atoms with E-state index in [1.54, 1.807) is 0 Å². The van der Waals surface area contributed by atoms with Gasteiger partial charge in [0.1, 0.15) is 4.33 Å². The molecule has 1 amide bonds. The van der Waals surface area contributed by atoms with E-state index in [0.29, 0.717) is 11.6 Å². The van der Waals surface area contributed by atoms with Gasteiger partial charge in [-0.05, 0) is 17.9 Å². The first-order chi connectivity index (χ1) is 10.0. The highest BCUT2D eigenvalue weighted by Gasteiger charge is 2.56. The van der Waals surface area contributed by atoms with Gasteiger partial charge in [0.15, 0.2) is 5.13 Å². The van der Waals surface area contributed by atoms with Gasteiger partial charge < -0.3 is 5.32 Å². The summed E-state index contributed by atoms with van der Waals surface area (Å²) in [6.45, 7) is 0. The quantitative estimate of drug-likeness (QED) is 0.696. The van der Waals surface area contributed by atoms with Crippen LogP contribution in [0.25, 0.3) is 21.0 Å². The molecule has 0 radical (unpaired) electrons. The number of aromatic nitrogens is 1. The van der Waals surface area contributed by atoms with Crippen molar-refractivity contribution in [2.24, 2.45) is 5.92 Å². The van der Waals surface area contributed by atoms with E-state index >= 15 is 0 Å². The standard InChI is InChI=1S/C15H10Cl2N2OS/c16-15(17)7-10(15)13(20)19-14-18-12-9-4-2-1-3-8(9)5-6-11(12)21-14/h1-6,10H,7H2,(H,18,19,20). The minimum Gasteiger partial charge on any atom is -0.302 e. The highest BCUT2D eigenvalue weighted by molar-refractivity contribution is 7.22. The Hall–Kier alpha value is -1.36. The number of fused-ring (bicyclic) bond motifs is 3. The van der Waals surface area contributed by atoms with Crippen molar-refractivity contribution in [3.63, 3.8) is 0 Å². The van der Waals surface area contributed by atoms with E-state index < -0.39 is 4.33 Å². The molecule has 1 atom stereocenters. The molecular weight excluding hydrogens is 327 g/mol. The Kier molecular flexibility index (Phi) is 2.89. The SMILES string of the molecule is O=C(Nc1nc2c(ccc3ccccc32)s1)C1CC1(Cl)Cl. The lowest BCUT2D eigenvalue weighted by atomic mass is 10.1. The highest BCUT2D eigenvalue weighted by Crippen LogP contribution is 2.53. The number of amides is 1. The van der Waals surface area contributed by atoms with E-state index in [0.717, 1.165) is 21.0 Å². The highest BCUT2D eigenvalue weighted by atomic mass is 35.5. The summed E-state index contributed by atoms with van der Waals surface area (Å²) in [4.78, 5) is 16.6. The van der Waals surface area contributed by atoms with Gasteiger partial charge in [-0.15, -0.1) is 23.2 Å². The molecule has 0 aliphatic heterocycles. The van der Waals surface area contributed by atoms with E-state index in [2.05, 4.69) is 16.4 Å². The van der Waals surface area contributed by atoms with Crippen LogP contribution in [0.3, 0.4) is 0 Å². The number of hydrogen-bond donors (Lipinski definition) is 1. The van der Waals surface area contributed by atoms with Crippen molar-refractivity contribution in [1.29, 1.82) is 0 Å². The summed E-state index contributed by atoms with van der Waals surface area (Å²) in [5.41, 5.74) is 0.909. The molecule has 0 saturated heterocycles. The minimum absolute atomic E-state index is 0.164. The molecule has 1 saturated carbocycles. The fraction of sp³-hybridized carbons (Fsp3) is 0.200. The Balaban J connectivity index is 1.71. The molecule has 1 aliphatic rings. The fourth-order valence-electron chi connectivity index (χ4n) is 2.41. The van der Waals surface area contributed by atoms with E-state index in [1.807, 2.05) is 30.3 Å². The monoisotopic (exact) mass is 336 g/mol. The van der Waals surface area contributed by atoms with Gasteiger partial charge >= 0.3 is 0 Å². The fourth-order valence-corrected chi connectivity index (χ4v) is 3.80. The number of thiazole rings is 1. The van der Waals surface area contributed by atoms with Crippen molar-refractivity contribution in [2.75, 3.05) is 5.32 Å². The Morgan fingerprint density at radius 1 is 1.29 bits per heavy atom. The number of benzene rings is 2. The van der Waals surface area contributed by atoms with Crippen molar-refractivity contribution in [3.05, 3.63) is 36.4 Å². The Bertz CT molecular complexity index is 874. The zero-order valence-corrected chi connectivity index (χ0v) is 13.1. The Labute approximate surface area is 134 Å². The molecule has 21 heavy (non-hydrogen) atoms. The number of halogens is 2. The van der Waals surface area contributed by atoms with E-state index in [1.165, 1.54) is 11.3 Å². The van der Waals surface area contributed by atoms with Crippen LogP contribution >= 0.6 is 34.5 Å². The Morgan fingerprint density at radius 3 is 2.81 bits per heavy atom. The van der Waals surface area contributed by atoms with Crippen LogP contribution < -0.4 is 5.32 Å². The second-order valence-corrected chi connectivity index (χ2v) is 7.73. The number of nitrogens with zero attached hydrogens (tertiary/aromatic N) is 1. The van der Waals surface area contributed by atoms with Gasteiger partial charge in [-0.1, -0.05) is 41.7 Å². The number of carbonyl (C=O) groups excluding carboxylic acids is 1. The summed E-state index contributed by atoms with van der Waals surface area (Å²) in [6.07, 6.45) is 0.496. The summed E-state index contributed by atoms with van der Waals surface area (Å²) in [6, 6.07) is 12.1. The predicted octanol–water partition coefficient (Wildman–Crippen LogP) is 4.58. The second-order valence-electron chi connectivity index (χ2n) is 5.16. The molecule has 1 aliphatic carbocycles. The molecule has 6 heteroatoms. The first kappa shape index (κ1) is 13.3. The van der Waals surface area contributed by atoms with Crippen molar-refractivity contribution in [1.82, 2.24) is 4.98 Å². The van der Waals surface area contributed by atoms with Gasteiger partial charge in [0.05, 0.1) is 16.1 Å². The van der Waals surface area contributed by atoms with Crippen LogP contribution in [0.5, 0.6) is 0 Å². The lowest BCUT2D eigenvalue weighted by Gasteiger charge is -2.00. The summed E-state index contributed by atoms with van der Waals surface area (Å²) in [5.74, 6) is -0.507. The van der Waals surface area contributed by atoms with Crippen LogP contribution in [0.1, 0.15) is 6.42 Å². The lowest BCUT2D eigenvalue weighted by molar-refractivity contribution is -0.117. The van der Waals surface area contributed by atoms with E-state index in [9.17, 15) is 4.79 Å². The van der Waals surface area contributed by atoms with Crippen molar-refractivity contribution >= 4 is 66.6 Å². The largest absolute Gasteiger partial charge is 0.302 e. The molecule has 0 bridgehead atoms. The van der Waals surface area contributed by atoms with Gasteiger partial charge in [0, 0.05) is 5.39 Å². The van der Waals surface area contributed by atoms with Crippen LogP contribution in [0, 0.1) is 5.92 Å². The molecular formula is C15H10Cl2N2OS. The van der Waals surface area contributed by atoms with E-state index in [-0.39, 0.29) is 11.8 Å². The average molecular weight is 337 g/mol. The van der Waals surface area contributed by atoms with E-state index in [4.69, 9.17) is 23.2 Å². The van der Waals surface area contributed by atoms with Crippen LogP contribution in [0.2, 0.25) is 0 Å². The van der Waals surface area contributed by atoms with Gasteiger partial charge in [-0.3, -0.25) is 4.79 Å². The minimum atomic E-state index is -0.909. The van der Waals surface area contributed by atoms with Crippen LogP contribution in [-0.2, 0) is 4.79 Å². The van der Waals surface area contributed by atoms with Crippen molar-refractivity contribution in [2.45, 2.75) is 10.8 Å². The van der Waals surface area contributed by atoms with Gasteiger partial charge in [-0.25, -0.2) is 4.98 Å². The first-order valence-electron chi connectivity index (χ1n) is 6.51. The first-order valence-corrected chi connectivity index (χ1v) is 8.09. The molecule has 1 heterocycles. The summed E-state index contributed by atoms with van der Waals surface area (Å²) < 4.78 is 0.135. The summed E-state index contributed by atoms with van der Waals surface area (Å²) in [5, 5.41) is 5.62. The Morgan fingerprint density at radius 2 is 2.05 bits per heavy atom. The third-order valence-corrected chi connectivity index (χ3v) is 5.43. The third kappa shape index (κ3) is 2.27. The molecule has 3 aromatic rings. The zero-order chi connectivity index (χ0) is 14.6. The van der Waals surface area contributed by atoms with Crippen LogP contribution in [0.4, 0.5) is 5.13 Å². The predicted molar refractivity (Wildman–Crippen MR) is 88.3 cm³/mol. The average Bonchev–Trinajstić information content (AvgIpc) is 2.93. The molecule has 1 unspecified atom stereocenters. The summed E-state index contributed by atoms with van der Waals surface area (Å²) >= 11 is 13.3. The maximum Gasteiger partial charge on any atom is 0.232 e. The molecule has 3 nitrogen and oxygen atoms in total. The lowest BCUT2D eigenvalue weighted by Crippen LogP contribution is -2.16. The number of carbonyl (C=O) groups is 1. The number of alkyl halides is 2. The van der Waals surface area contributed by atoms with Crippen molar-refractivity contribution in [3.8, 4) is 0 Å². The normalized spacial score (nSPS) is 19.8. The zero-order valence-electron chi connectivity index (χ0n) is 10.8. The summed E-state index contributed by atoms with van der Waals surface area (Å²) in [7, 11) is 0. The van der Waals surface area contributed by atoms with Crippen molar-refractivity contribution < 1.29 is 4.79 Å². The van der Waals surface area contributed by atoms with Gasteiger partial charge in [-0.2, -0.15) is 0 Å². The molecule has 1 fully saturated rings. The molecule has 1 aromatic heterocycles. The molecule has 1 N–H and O–H groups in total. The van der Waals surface area contributed by atoms with Gasteiger partial charge in [0.2, 0.25) is 5.91 Å². The molecule has 4 rings (SSSR count). The molecule has 0 spiro atoms. The maximum absolute atomic E-state index is 12.0. The molecule has 2 aromatic carbocycles. The maximum atomic E-state index is 12.0. The van der Waals surface area contributed by atoms with Gasteiger partial charge in [0.25, 0.3) is 0 Å². The van der Waals surface area contributed by atoms with Crippen LogP contribution in [-0.4, -0.2) is 15.2 Å². The number of hydrogen-bond acceptors (Lipinski definition) is 3. The number of rotatable bonds is 2. The smallest absolute Gasteiger partial charge is 0.232 e. The number of nitrogens with one attached hydrogen (secondary N) is 1. The topological polar surface area (TPSA) is 42.0 Å². The molecule has 106 valence electrons.